The average Bonchev–Trinajstić information content (AvgIpc) is 3.50. The van der Waals surface area contributed by atoms with Crippen LogP contribution in [-0.2, 0) is 17.7 Å². The second kappa shape index (κ2) is 8.46. The fourth-order valence-corrected chi connectivity index (χ4v) is 4.46. The molecule has 1 fully saturated rings. The van der Waals surface area contributed by atoms with Crippen LogP contribution in [0.3, 0.4) is 0 Å². The fraction of sp³-hybridized carbons (Fsp3) is 0.346. The Bertz CT molecular complexity index is 1380. The number of unbranched alkanes of at least 4 members (excludes halogenated alkanes) is 1. The Labute approximate surface area is 191 Å². The highest BCUT2D eigenvalue weighted by molar-refractivity contribution is 5.95. The minimum Gasteiger partial charge on any atom is -0.465 e. The molecule has 3 aromatic heterocycles. The number of rotatable bonds is 8. The number of halogens is 1. The lowest BCUT2D eigenvalue weighted by Crippen LogP contribution is -2.06. The van der Waals surface area contributed by atoms with Crippen molar-refractivity contribution in [3.05, 3.63) is 60.1 Å². The Morgan fingerprint density at radius 2 is 2.09 bits per heavy atom. The zero-order valence-corrected chi connectivity index (χ0v) is 19.0. The van der Waals surface area contributed by atoms with Gasteiger partial charge in [-0.15, -0.1) is 6.58 Å². The van der Waals surface area contributed by atoms with Crippen LogP contribution in [0.1, 0.15) is 54.7 Å². The van der Waals surface area contributed by atoms with Gasteiger partial charge in [-0.2, -0.15) is 0 Å². The molecule has 1 aliphatic rings. The van der Waals surface area contributed by atoms with Crippen molar-refractivity contribution in [2.24, 2.45) is 0 Å². The molecule has 0 atom stereocenters. The standard InChI is InChI=1S/C26H27FN4O2/c1-4-6-7-12-30-22(15-16-8-9-18(5-2)28-24(16)30)25-29-21-14-17(26(32)33-3)13-20(27)23(21)31(25)19-10-11-19/h4,8-9,13-15,19H,1,5-7,10-12H2,2-3H3. The first kappa shape index (κ1) is 21.4. The Morgan fingerprint density at radius 1 is 1.27 bits per heavy atom. The number of carbonyl (C=O) groups excluding carboxylic acids is 1. The van der Waals surface area contributed by atoms with Crippen molar-refractivity contribution in [2.45, 2.75) is 51.6 Å². The van der Waals surface area contributed by atoms with E-state index in [1.807, 2.05) is 16.7 Å². The quantitative estimate of drug-likeness (QED) is 0.194. The van der Waals surface area contributed by atoms with E-state index in [4.69, 9.17) is 14.7 Å². The van der Waals surface area contributed by atoms with E-state index in [-0.39, 0.29) is 11.6 Å². The van der Waals surface area contributed by atoms with E-state index in [2.05, 4.69) is 30.2 Å². The lowest BCUT2D eigenvalue weighted by atomic mass is 10.2. The lowest BCUT2D eigenvalue weighted by Gasteiger charge is -2.12. The molecule has 1 aliphatic carbocycles. The monoisotopic (exact) mass is 446 g/mol. The van der Waals surface area contributed by atoms with Crippen molar-refractivity contribution in [3.8, 4) is 11.5 Å². The summed E-state index contributed by atoms with van der Waals surface area (Å²) in [6.07, 6.45) is 6.54. The highest BCUT2D eigenvalue weighted by Crippen LogP contribution is 2.43. The van der Waals surface area contributed by atoms with Gasteiger partial charge in [0.1, 0.15) is 17.0 Å². The summed E-state index contributed by atoms with van der Waals surface area (Å²) < 4.78 is 24.3. The number of fused-ring (bicyclic) bond motifs is 2. The molecule has 0 radical (unpaired) electrons. The zero-order valence-electron chi connectivity index (χ0n) is 19.0. The third kappa shape index (κ3) is 3.71. The van der Waals surface area contributed by atoms with Crippen LogP contribution in [0.4, 0.5) is 4.39 Å². The lowest BCUT2D eigenvalue weighted by molar-refractivity contribution is 0.0600. The van der Waals surface area contributed by atoms with Crippen LogP contribution in [0.15, 0.2) is 43.0 Å². The van der Waals surface area contributed by atoms with Gasteiger partial charge in [-0.25, -0.2) is 19.2 Å². The number of hydrogen-bond acceptors (Lipinski definition) is 4. The second-order valence-corrected chi connectivity index (χ2v) is 8.54. The minimum absolute atomic E-state index is 0.162. The number of benzene rings is 1. The van der Waals surface area contributed by atoms with Crippen LogP contribution >= 0.6 is 0 Å². The Balaban J connectivity index is 1.75. The molecule has 7 heteroatoms. The van der Waals surface area contributed by atoms with Gasteiger partial charge in [0.2, 0.25) is 0 Å². The average molecular weight is 447 g/mol. The Kier molecular flexibility index (Phi) is 5.48. The molecule has 5 rings (SSSR count). The summed E-state index contributed by atoms with van der Waals surface area (Å²) in [7, 11) is 1.29. The highest BCUT2D eigenvalue weighted by Gasteiger charge is 2.32. The molecule has 0 amide bonds. The van der Waals surface area contributed by atoms with Gasteiger partial charge in [0.15, 0.2) is 5.82 Å². The number of methoxy groups -OCH3 is 1. The number of hydrogen-bond donors (Lipinski definition) is 0. The summed E-state index contributed by atoms with van der Waals surface area (Å²) in [4.78, 5) is 21.8. The van der Waals surface area contributed by atoms with E-state index in [9.17, 15) is 4.79 Å². The van der Waals surface area contributed by atoms with Crippen LogP contribution in [0.25, 0.3) is 33.6 Å². The van der Waals surface area contributed by atoms with Crippen molar-refractivity contribution >= 4 is 28.0 Å². The molecular formula is C26H27FN4O2. The van der Waals surface area contributed by atoms with Gasteiger partial charge in [0.05, 0.1) is 23.9 Å². The van der Waals surface area contributed by atoms with Crippen molar-refractivity contribution in [1.29, 1.82) is 0 Å². The van der Waals surface area contributed by atoms with Gasteiger partial charge in [-0.1, -0.05) is 13.0 Å². The third-order valence-electron chi connectivity index (χ3n) is 6.25. The normalized spacial score (nSPS) is 13.7. The molecule has 33 heavy (non-hydrogen) atoms. The summed E-state index contributed by atoms with van der Waals surface area (Å²) in [6.45, 7) is 6.69. The van der Waals surface area contributed by atoms with Gasteiger partial charge in [0.25, 0.3) is 0 Å². The first-order chi connectivity index (χ1) is 16.0. The van der Waals surface area contributed by atoms with Crippen LogP contribution in [0.2, 0.25) is 0 Å². The van der Waals surface area contributed by atoms with Crippen molar-refractivity contribution in [2.75, 3.05) is 7.11 Å². The van der Waals surface area contributed by atoms with Crippen LogP contribution in [0.5, 0.6) is 0 Å². The Hall–Kier alpha value is -3.48. The van der Waals surface area contributed by atoms with Crippen LogP contribution < -0.4 is 0 Å². The number of allylic oxidation sites excluding steroid dienone is 1. The van der Waals surface area contributed by atoms with Crippen molar-refractivity contribution < 1.29 is 13.9 Å². The van der Waals surface area contributed by atoms with Gasteiger partial charge in [-0.3, -0.25) is 0 Å². The summed E-state index contributed by atoms with van der Waals surface area (Å²) in [5.41, 5.74) is 3.92. The predicted octanol–water partition coefficient (Wildman–Crippen LogP) is 5.84. The van der Waals surface area contributed by atoms with Crippen LogP contribution in [-0.4, -0.2) is 32.2 Å². The third-order valence-corrected chi connectivity index (χ3v) is 6.25. The van der Waals surface area contributed by atoms with Gasteiger partial charge in [-0.05, 0) is 62.4 Å². The maximum Gasteiger partial charge on any atom is 0.338 e. The molecular weight excluding hydrogens is 419 g/mol. The number of imidazole rings is 1. The van der Waals surface area contributed by atoms with E-state index in [0.29, 0.717) is 16.9 Å². The molecule has 0 aliphatic heterocycles. The van der Waals surface area contributed by atoms with E-state index >= 15 is 4.39 Å². The molecule has 0 saturated heterocycles. The number of aryl methyl sites for hydroxylation is 2. The topological polar surface area (TPSA) is 61.9 Å². The Morgan fingerprint density at radius 3 is 2.79 bits per heavy atom. The van der Waals surface area contributed by atoms with Gasteiger partial charge < -0.3 is 13.9 Å². The van der Waals surface area contributed by atoms with Gasteiger partial charge >= 0.3 is 5.97 Å². The number of esters is 1. The second-order valence-electron chi connectivity index (χ2n) is 8.54. The zero-order chi connectivity index (χ0) is 23.1. The number of ether oxygens (including phenoxy) is 1. The van der Waals surface area contributed by atoms with Crippen molar-refractivity contribution in [3.63, 3.8) is 0 Å². The van der Waals surface area contributed by atoms with Crippen LogP contribution in [0, 0.1) is 5.82 Å². The van der Waals surface area contributed by atoms with E-state index in [0.717, 1.165) is 61.1 Å². The maximum atomic E-state index is 15.3. The van der Waals surface area contributed by atoms with E-state index < -0.39 is 11.8 Å². The molecule has 0 unspecified atom stereocenters. The summed E-state index contributed by atoms with van der Waals surface area (Å²) >= 11 is 0. The molecule has 170 valence electrons. The molecule has 4 aromatic rings. The summed E-state index contributed by atoms with van der Waals surface area (Å²) in [6, 6.07) is 9.29. The molecule has 3 heterocycles. The SMILES string of the molecule is C=CCCCn1c(-c2nc3cc(C(=O)OC)cc(F)c3n2C2CC2)cc2ccc(CC)nc21. The summed E-state index contributed by atoms with van der Waals surface area (Å²) in [5.74, 6) is -0.324. The highest BCUT2D eigenvalue weighted by atomic mass is 19.1. The number of carbonyl (C=O) groups is 1. The number of aromatic nitrogens is 4. The first-order valence-corrected chi connectivity index (χ1v) is 11.5. The number of nitrogens with zero attached hydrogens (tertiary/aromatic N) is 4. The van der Waals surface area contributed by atoms with E-state index in [1.165, 1.54) is 13.2 Å². The maximum absolute atomic E-state index is 15.3. The predicted molar refractivity (Wildman–Crippen MR) is 127 cm³/mol. The van der Waals surface area contributed by atoms with Crippen molar-refractivity contribution in [1.82, 2.24) is 19.1 Å². The molecule has 0 bridgehead atoms. The van der Waals surface area contributed by atoms with E-state index in [1.54, 1.807) is 6.07 Å². The minimum atomic E-state index is -0.576. The largest absolute Gasteiger partial charge is 0.465 e. The molecule has 1 aromatic carbocycles. The molecule has 0 N–H and O–H groups in total. The molecule has 6 nitrogen and oxygen atoms in total. The molecule has 0 spiro atoms. The summed E-state index contributed by atoms with van der Waals surface area (Å²) in [5, 5.41) is 1.03. The first-order valence-electron chi connectivity index (χ1n) is 11.5. The fourth-order valence-electron chi connectivity index (χ4n) is 4.46. The number of pyridine rings is 1. The smallest absolute Gasteiger partial charge is 0.338 e. The van der Waals surface area contributed by atoms with Gasteiger partial charge in [0, 0.05) is 23.7 Å². The molecule has 1 saturated carbocycles.